The number of allylic oxidation sites excluding steroid dienone is 2. The maximum atomic E-state index is 13.6. The first kappa shape index (κ1) is 29.5. The second-order valence-electron chi connectivity index (χ2n) is 10.6. The molecule has 40 heavy (non-hydrogen) atoms. The lowest BCUT2D eigenvalue weighted by atomic mass is 9.93. The maximum Gasteiger partial charge on any atom is 0.310 e. The number of esters is 1. The van der Waals surface area contributed by atoms with Crippen LogP contribution in [0.5, 0.6) is 0 Å². The van der Waals surface area contributed by atoms with Crippen LogP contribution in [0.3, 0.4) is 0 Å². The number of benzene rings is 2. The Morgan fingerprint density at radius 1 is 1.02 bits per heavy atom. The summed E-state index contributed by atoms with van der Waals surface area (Å²) in [5.41, 5.74) is 1.79. The maximum absolute atomic E-state index is 13.6. The number of aliphatic hydroxyl groups excluding tert-OH is 1. The second-order valence-corrected chi connectivity index (χ2v) is 10.6. The first-order valence-electron chi connectivity index (χ1n) is 14.1. The van der Waals surface area contributed by atoms with Gasteiger partial charge in [-0.05, 0) is 43.2 Å². The van der Waals surface area contributed by atoms with Crippen molar-refractivity contribution in [2.45, 2.75) is 56.7 Å². The number of nitrogens with one attached hydrogen (secondary N) is 1. The summed E-state index contributed by atoms with van der Waals surface area (Å²) in [7, 11) is 1.54. The molecule has 2 heterocycles. The van der Waals surface area contributed by atoms with Crippen molar-refractivity contribution in [2.75, 3.05) is 26.9 Å². The fourth-order valence-corrected chi connectivity index (χ4v) is 5.58. The molecule has 0 saturated carbocycles. The number of likely N-dealkylation sites (tertiary alicyclic amines) is 1. The quantitative estimate of drug-likeness (QED) is 0.386. The van der Waals surface area contributed by atoms with E-state index in [0.717, 1.165) is 24.0 Å². The van der Waals surface area contributed by atoms with Crippen LogP contribution in [-0.4, -0.2) is 66.7 Å². The summed E-state index contributed by atoms with van der Waals surface area (Å²) in [6, 6.07) is 18.3. The highest BCUT2D eigenvalue weighted by Crippen LogP contribution is 2.28. The van der Waals surface area contributed by atoms with Gasteiger partial charge in [0.2, 0.25) is 11.8 Å². The summed E-state index contributed by atoms with van der Waals surface area (Å²) in [4.78, 5) is 42.1. The number of amides is 2. The van der Waals surface area contributed by atoms with E-state index in [4.69, 9.17) is 9.47 Å². The number of cyclic esters (lactones) is 1. The van der Waals surface area contributed by atoms with E-state index in [1.807, 2.05) is 72.8 Å². The smallest absolute Gasteiger partial charge is 0.310 e. The van der Waals surface area contributed by atoms with Gasteiger partial charge in [0.1, 0.15) is 6.10 Å². The number of hydrogen-bond acceptors (Lipinski definition) is 6. The van der Waals surface area contributed by atoms with Crippen molar-refractivity contribution in [3.63, 3.8) is 0 Å². The van der Waals surface area contributed by atoms with Crippen molar-refractivity contribution in [1.82, 2.24) is 10.2 Å². The molecular formula is C32H40N2O6. The molecule has 2 aromatic carbocycles. The van der Waals surface area contributed by atoms with E-state index in [0.29, 0.717) is 25.8 Å². The van der Waals surface area contributed by atoms with E-state index in [2.05, 4.69) is 5.32 Å². The molecule has 5 atom stereocenters. The number of carbonyl (C=O) groups excluding carboxylic acids is 3. The standard InChI is InChI=1S/C32H40N2O6/c1-39-22-28-30(24-13-6-3-7-14-24)40-32(38)26(19-23-11-4-2-5-12-23)16-9-8-15-25(31(37)33-28)20-29(36)34-18-10-17-27(34)21-35/h2-9,11-14,25-28,30,35H,10,15-22H2,1H3,(H,33,37)/t25-,26-,27+,28+,30+/m1/s1. The van der Waals surface area contributed by atoms with Gasteiger partial charge in [-0.2, -0.15) is 0 Å². The van der Waals surface area contributed by atoms with Crippen molar-refractivity contribution in [3.05, 3.63) is 83.9 Å². The van der Waals surface area contributed by atoms with Crippen LogP contribution in [0, 0.1) is 11.8 Å². The minimum absolute atomic E-state index is 0.0373. The van der Waals surface area contributed by atoms with E-state index in [9.17, 15) is 19.5 Å². The highest BCUT2D eigenvalue weighted by Gasteiger charge is 2.35. The van der Waals surface area contributed by atoms with Crippen molar-refractivity contribution < 1.29 is 29.0 Å². The SMILES string of the molecule is COC[C@@H]1NC(=O)[C@@H](CC(=O)N2CCC[C@H]2CO)CC=CC[C@H](Cc2ccccc2)C(=O)O[C@H]1c1ccccc1. The van der Waals surface area contributed by atoms with Crippen LogP contribution >= 0.6 is 0 Å². The molecule has 0 unspecified atom stereocenters. The molecule has 2 aromatic rings. The van der Waals surface area contributed by atoms with Gasteiger partial charge < -0.3 is 24.8 Å². The van der Waals surface area contributed by atoms with E-state index >= 15 is 0 Å². The Balaban J connectivity index is 1.63. The average molecular weight is 549 g/mol. The molecule has 2 N–H and O–H groups in total. The lowest BCUT2D eigenvalue weighted by Gasteiger charge is -2.31. The number of rotatable bonds is 8. The summed E-state index contributed by atoms with van der Waals surface area (Å²) >= 11 is 0. The normalized spacial score (nSPS) is 25.9. The first-order valence-corrected chi connectivity index (χ1v) is 14.1. The average Bonchev–Trinajstić information content (AvgIpc) is 3.46. The van der Waals surface area contributed by atoms with Crippen LogP contribution in [0.25, 0.3) is 0 Å². The van der Waals surface area contributed by atoms with Gasteiger partial charge in [-0.25, -0.2) is 0 Å². The zero-order valence-corrected chi connectivity index (χ0v) is 23.1. The summed E-state index contributed by atoms with van der Waals surface area (Å²) in [5, 5.41) is 12.7. The highest BCUT2D eigenvalue weighted by molar-refractivity contribution is 5.86. The lowest BCUT2D eigenvalue weighted by molar-refractivity contribution is -0.158. The summed E-state index contributed by atoms with van der Waals surface area (Å²) in [6.07, 6.45) is 6.01. The topological polar surface area (TPSA) is 105 Å². The van der Waals surface area contributed by atoms with Crippen LogP contribution in [0.15, 0.2) is 72.8 Å². The molecule has 2 amide bonds. The fraction of sp³-hybridized carbons (Fsp3) is 0.469. The second kappa shape index (κ2) is 14.8. The Hall–Kier alpha value is -3.49. The van der Waals surface area contributed by atoms with Gasteiger partial charge >= 0.3 is 5.97 Å². The molecule has 2 aliphatic rings. The molecule has 4 rings (SSSR count). The minimum atomic E-state index is -0.770. The third-order valence-electron chi connectivity index (χ3n) is 7.78. The Kier molecular flexibility index (Phi) is 10.9. The number of hydrogen-bond donors (Lipinski definition) is 2. The van der Waals surface area contributed by atoms with Crippen LogP contribution < -0.4 is 5.32 Å². The Morgan fingerprint density at radius 3 is 2.38 bits per heavy atom. The zero-order valence-electron chi connectivity index (χ0n) is 23.1. The molecule has 8 nitrogen and oxygen atoms in total. The van der Waals surface area contributed by atoms with Gasteiger partial charge in [-0.15, -0.1) is 0 Å². The summed E-state index contributed by atoms with van der Waals surface area (Å²) in [6.45, 7) is 0.635. The molecule has 0 radical (unpaired) electrons. The van der Waals surface area contributed by atoms with E-state index < -0.39 is 24.0 Å². The van der Waals surface area contributed by atoms with Crippen molar-refractivity contribution in [3.8, 4) is 0 Å². The molecular weight excluding hydrogens is 508 g/mol. The van der Waals surface area contributed by atoms with E-state index in [1.54, 1.807) is 4.90 Å². The predicted molar refractivity (Wildman–Crippen MR) is 151 cm³/mol. The molecule has 0 bridgehead atoms. The summed E-state index contributed by atoms with van der Waals surface area (Å²) < 4.78 is 11.6. The monoisotopic (exact) mass is 548 g/mol. The van der Waals surface area contributed by atoms with Crippen LogP contribution in [0.4, 0.5) is 0 Å². The highest BCUT2D eigenvalue weighted by atomic mass is 16.5. The van der Waals surface area contributed by atoms with E-state index in [1.165, 1.54) is 7.11 Å². The molecule has 1 fully saturated rings. The molecule has 1 saturated heterocycles. The van der Waals surface area contributed by atoms with Crippen molar-refractivity contribution in [1.29, 1.82) is 0 Å². The van der Waals surface area contributed by atoms with E-state index in [-0.39, 0.29) is 43.5 Å². The van der Waals surface area contributed by atoms with Gasteiger partial charge in [-0.3, -0.25) is 14.4 Å². The van der Waals surface area contributed by atoms with Crippen molar-refractivity contribution >= 4 is 17.8 Å². The van der Waals surface area contributed by atoms with Gasteiger partial charge in [0.25, 0.3) is 0 Å². The largest absolute Gasteiger partial charge is 0.455 e. The Labute approximate surface area is 236 Å². The number of nitrogens with zero attached hydrogens (tertiary/aromatic N) is 1. The molecule has 2 aliphatic heterocycles. The fourth-order valence-electron chi connectivity index (χ4n) is 5.58. The Bertz CT molecular complexity index is 1140. The number of methoxy groups -OCH3 is 1. The van der Waals surface area contributed by atoms with Crippen LogP contribution in [-0.2, 0) is 30.3 Å². The third-order valence-corrected chi connectivity index (χ3v) is 7.78. The van der Waals surface area contributed by atoms with Gasteiger partial charge in [0, 0.05) is 20.1 Å². The third kappa shape index (κ3) is 7.79. The first-order chi connectivity index (χ1) is 19.5. The molecule has 8 heteroatoms. The Morgan fingerprint density at radius 2 is 1.70 bits per heavy atom. The van der Waals surface area contributed by atoms with Crippen LogP contribution in [0.2, 0.25) is 0 Å². The molecule has 214 valence electrons. The minimum Gasteiger partial charge on any atom is -0.455 e. The number of carbonyl (C=O) groups is 3. The molecule has 0 aromatic heterocycles. The zero-order chi connectivity index (χ0) is 28.3. The number of ether oxygens (including phenoxy) is 2. The van der Waals surface area contributed by atoms with Gasteiger partial charge in [0.15, 0.2) is 0 Å². The van der Waals surface area contributed by atoms with Gasteiger partial charge in [-0.1, -0.05) is 72.8 Å². The van der Waals surface area contributed by atoms with Crippen molar-refractivity contribution in [2.24, 2.45) is 11.8 Å². The molecule has 0 spiro atoms. The summed E-state index contributed by atoms with van der Waals surface area (Å²) in [5.74, 6) is -1.79. The predicted octanol–water partition coefficient (Wildman–Crippen LogP) is 3.60. The van der Waals surface area contributed by atoms with Crippen LogP contribution in [0.1, 0.15) is 49.3 Å². The molecule has 0 aliphatic carbocycles. The lowest BCUT2D eigenvalue weighted by Crippen LogP contribution is -2.47. The number of aliphatic hydroxyl groups is 1. The van der Waals surface area contributed by atoms with Gasteiger partial charge in [0.05, 0.1) is 37.1 Å².